The number of fused-ring (bicyclic) bond motifs is 1. The van der Waals surface area contributed by atoms with Gasteiger partial charge in [0.25, 0.3) is 5.91 Å². The maximum atomic E-state index is 12.4. The molecule has 138 valence electrons. The van der Waals surface area contributed by atoms with E-state index >= 15 is 0 Å². The Morgan fingerprint density at radius 2 is 1.82 bits per heavy atom. The third-order valence-corrected chi connectivity index (χ3v) is 5.09. The highest BCUT2D eigenvalue weighted by Gasteiger charge is 2.24. The molecule has 1 amide bonds. The van der Waals surface area contributed by atoms with Crippen LogP contribution in [0.25, 0.3) is 16.8 Å². The van der Waals surface area contributed by atoms with Crippen molar-refractivity contribution in [2.24, 2.45) is 4.99 Å². The van der Waals surface area contributed by atoms with Crippen molar-refractivity contribution in [3.05, 3.63) is 89.9 Å². The second-order valence-electron chi connectivity index (χ2n) is 6.15. The molecule has 0 atom stereocenters. The van der Waals surface area contributed by atoms with Crippen LogP contribution in [0.4, 0.5) is 5.69 Å². The molecule has 0 aliphatic carbocycles. The van der Waals surface area contributed by atoms with Crippen molar-refractivity contribution >= 4 is 45.4 Å². The molecular formula is C23H18N2O2S. The Morgan fingerprint density at radius 3 is 2.68 bits per heavy atom. The maximum absolute atomic E-state index is 12.4. The normalized spacial score (nSPS) is 16.5. The highest BCUT2D eigenvalue weighted by Crippen LogP contribution is 2.31. The number of thioether (sulfide) groups is 1. The van der Waals surface area contributed by atoms with E-state index in [4.69, 9.17) is 4.74 Å². The van der Waals surface area contributed by atoms with Crippen LogP contribution in [-0.4, -0.2) is 17.7 Å². The standard InChI is InChI=1S/C23H18N2O2S/c1-2-13-27-20-10-6-5-9-18(20)15-21-22(26)25-23(28-21)24-19-12-11-16-7-3-4-8-17(16)14-19/h2-12,14-15H,1,13H2,(H,24,25,26). The number of rotatable bonds is 5. The van der Waals surface area contributed by atoms with Gasteiger partial charge in [0.2, 0.25) is 0 Å². The lowest BCUT2D eigenvalue weighted by atomic mass is 10.1. The average Bonchev–Trinajstić information content (AvgIpc) is 3.06. The first-order valence-electron chi connectivity index (χ1n) is 8.84. The lowest BCUT2D eigenvalue weighted by Crippen LogP contribution is -2.19. The minimum absolute atomic E-state index is 0.164. The van der Waals surface area contributed by atoms with E-state index < -0.39 is 0 Å². The Hall–Kier alpha value is -3.31. The molecule has 5 heteroatoms. The fourth-order valence-electron chi connectivity index (χ4n) is 2.87. The highest BCUT2D eigenvalue weighted by molar-refractivity contribution is 8.18. The SMILES string of the molecule is C=CCOc1ccccc1C=C1SC(=Nc2ccc3ccccc3c2)NC1=O. The summed E-state index contributed by atoms with van der Waals surface area (Å²) in [6.07, 6.45) is 3.51. The third kappa shape index (κ3) is 4.00. The molecule has 28 heavy (non-hydrogen) atoms. The van der Waals surface area contributed by atoms with E-state index in [1.807, 2.05) is 66.7 Å². The molecule has 0 unspecified atom stereocenters. The van der Waals surface area contributed by atoms with Crippen molar-refractivity contribution in [2.45, 2.75) is 0 Å². The first-order valence-corrected chi connectivity index (χ1v) is 9.66. The molecule has 3 aromatic carbocycles. The lowest BCUT2D eigenvalue weighted by Gasteiger charge is -2.06. The van der Waals surface area contributed by atoms with Gasteiger partial charge in [-0.2, -0.15) is 0 Å². The minimum Gasteiger partial charge on any atom is -0.489 e. The van der Waals surface area contributed by atoms with E-state index in [0.29, 0.717) is 22.4 Å². The third-order valence-electron chi connectivity index (χ3n) is 4.18. The fourth-order valence-corrected chi connectivity index (χ4v) is 3.70. The number of nitrogens with zero attached hydrogens (tertiary/aromatic N) is 1. The summed E-state index contributed by atoms with van der Waals surface area (Å²) in [4.78, 5) is 17.5. The number of hydrogen-bond donors (Lipinski definition) is 1. The molecule has 3 aromatic rings. The van der Waals surface area contributed by atoms with Crippen LogP contribution >= 0.6 is 11.8 Å². The van der Waals surface area contributed by atoms with Crippen molar-refractivity contribution < 1.29 is 9.53 Å². The highest BCUT2D eigenvalue weighted by atomic mass is 32.2. The first-order chi connectivity index (χ1) is 13.7. The molecule has 1 saturated heterocycles. The first kappa shape index (κ1) is 18.1. The monoisotopic (exact) mass is 386 g/mol. The van der Waals surface area contributed by atoms with Gasteiger partial charge in [-0.15, -0.1) is 0 Å². The summed E-state index contributed by atoms with van der Waals surface area (Å²) in [6, 6.07) is 21.7. The fraction of sp³-hybridized carbons (Fsp3) is 0.0435. The zero-order valence-corrected chi connectivity index (χ0v) is 15.9. The van der Waals surface area contributed by atoms with Crippen molar-refractivity contribution in [1.82, 2.24) is 5.32 Å². The van der Waals surface area contributed by atoms with E-state index in [2.05, 4.69) is 23.0 Å². The van der Waals surface area contributed by atoms with Crippen LogP contribution in [0.1, 0.15) is 5.56 Å². The average molecular weight is 386 g/mol. The molecule has 1 N–H and O–H groups in total. The topological polar surface area (TPSA) is 50.7 Å². The number of amidine groups is 1. The molecule has 4 rings (SSSR count). The predicted octanol–water partition coefficient (Wildman–Crippen LogP) is 5.30. The number of carbonyl (C=O) groups excluding carboxylic acids is 1. The van der Waals surface area contributed by atoms with Gasteiger partial charge in [-0.3, -0.25) is 4.79 Å². The number of ether oxygens (including phenoxy) is 1. The molecule has 1 aliphatic rings. The van der Waals surface area contributed by atoms with Gasteiger partial charge in [-0.05, 0) is 46.8 Å². The van der Waals surface area contributed by atoms with Gasteiger partial charge in [0.1, 0.15) is 12.4 Å². The quantitative estimate of drug-likeness (QED) is 0.478. The summed E-state index contributed by atoms with van der Waals surface area (Å²) in [7, 11) is 0. The van der Waals surface area contributed by atoms with Crippen LogP contribution in [0.15, 0.2) is 89.3 Å². The van der Waals surface area contributed by atoms with Crippen LogP contribution in [0, 0.1) is 0 Å². The summed E-state index contributed by atoms with van der Waals surface area (Å²) in [6.45, 7) is 4.08. The van der Waals surface area contributed by atoms with E-state index in [0.717, 1.165) is 22.0 Å². The molecule has 0 saturated carbocycles. The molecule has 0 spiro atoms. The van der Waals surface area contributed by atoms with E-state index in [-0.39, 0.29) is 5.91 Å². The zero-order valence-electron chi connectivity index (χ0n) is 15.1. The number of nitrogens with one attached hydrogen (secondary N) is 1. The summed E-state index contributed by atoms with van der Waals surface area (Å²) in [5.41, 5.74) is 1.64. The van der Waals surface area contributed by atoms with Gasteiger partial charge < -0.3 is 10.1 Å². The minimum atomic E-state index is -0.164. The van der Waals surface area contributed by atoms with E-state index in [1.165, 1.54) is 11.8 Å². The molecule has 1 fully saturated rings. The molecule has 4 nitrogen and oxygen atoms in total. The summed E-state index contributed by atoms with van der Waals surface area (Å²) in [5, 5.41) is 5.67. The van der Waals surface area contributed by atoms with Crippen LogP contribution in [0.2, 0.25) is 0 Å². The molecule has 1 heterocycles. The Bertz CT molecular complexity index is 1120. The van der Waals surface area contributed by atoms with Crippen molar-refractivity contribution in [2.75, 3.05) is 6.61 Å². The van der Waals surface area contributed by atoms with Gasteiger partial charge in [0.05, 0.1) is 10.6 Å². The largest absolute Gasteiger partial charge is 0.489 e. The van der Waals surface area contributed by atoms with Crippen LogP contribution in [-0.2, 0) is 4.79 Å². The number of aliphatic imine (C=N–C) groups is 1. The van der Waals surface area contributed by atoms with Gasteiger partial charge in [0, 0.05) is 5.56 Å². The van der Waals surface area contributed by atoms with Crippen LogP contribution in [0.3, 0.4) is 0 Å². The number of benzene rings is 3. The Morgan fingerprint density at radius 1 is 1.04 bits per heavy atom. The maximum Gasteiger partial charge on any atom is 0.264 e. The van der Waals surface area contributed by atoms with Crippen LogP contribution in [0.5, 0.6) is 5.75 Å². The zero-order chi connectivity index (χ0) is 19.3. The molecule has 0 aromatic heterocycles. The molecule has 0 bridgehead atoms. The van der Waals surface area contributed by atoms with Crippen LogP contribution < -0.4 is 10.1 Å². The number of carbonyl (C=O) groups is 1. The number of hydrogen-bond acceptors (Lipinski definition) is 4. The van der Waals surface area contributed by atoms with Gasteiger partial charge >= 0.3 is 0 Å². The van der Waals surface area contributed by atoms with Gasteiger partial charge in [-0.25, -0.2) is 4.99 Å². The van der Waals surface area contributed by atoms with Gasteiger partial charge in [0.15, 0.2) is 5.17 Å². The molecule has 0 radical (unpaired) electrons. The predicted molar refractivity (Wildman–Crippen MR) is 117 cm³/mol. The summed E-state index contributed by atoms with van der Waals surface area (Å²) in [5.74, 6) is 0.547. The smallest absolute Gasteiger partial charge is 0.264 e. The van der Waals surface area contributed by atoms with Crippen molar-refractivity contribution in [3.8, 4) is 5.75 Å². The van der Waals surface area contributed by atoms with E-state index in [1.54, 1.807) is 6.08 Å². The number of amides is 1. The Kier molecular flexibility index (Phi) is 5.26. The van der Waals surface area contributed by atoms with Crippen molar-refractivity contribution in [3.63, 3.8) is 0 Å². The summed E-state index contributed by atoms with van der Waals surface area (Å²) < 4.78 is 5.66. The van der Waals surface area contributed by atoms with E-state index in [9.17, 15) is 4.79 Å². The Balaban J connectivity index is 1.59. The second kappa shape index (κ2) is 8.15. The molecular weight excluding hydrogens is 368 g/mol. The summed E-state index contributed by atoms with van der Waals surface area (Å²) >= 11 is 1.32. The Labute approximate surface area is 167 Å². The number of para-hydroxylation sites is 1. The van der Waals surface area contributed by atoms with Crippen molar-refractivity contribution in [1.29, 1.82) is 0 Å². The molecule has 1 aliphatic heterocycles. The van der Waals surface area contributed by atoms with Gasteiger partial charge in [-0.1, -0.05) is 61.2 Å². The second-order valence-corrected chi connectivity index (χ2v) is 7.18. The lowest BCUT2D eigenvalue weighted by molar-refractivity contribution is -0.115.